The zero-order chi connectivity index (χ0) is 20.2. The van der Waals surface area contributed by atoms with Crippen LogP contribution >= 0.6 is 0 Å². The Kier molecular flexibility index (Phi) is 5.72. The highest BCUT2D eigenvalue weighted by Gasteiger charge is 2.26. The van der Waals surface area contributed by atoms with Gasteiger partial charge >= 0.3 is 0 Å². The van der Waals surface area contributed by atoms with Crippen molar-refractivity contribution < 1.29 is 14.2 Å². The fraction of sp³-hybridized carbons (Fsp3) is 0.280. The summed E-state index contributed by atoms with van der Waals surface area (Å²) in [6, 6.07) is 20.8. The van der Waals surface area contributed by atoms with E-state index in [0.717, 1.165) is 46.9 Å². The first kappa shape index (κ1) is 19.3. The molecule has 3 aromatic rings. The molecule has 0 radical (unpaired) electrons. The highest BCUT2D eigenvalue weighted by Crippen LogP contribution is 2.42. The molecule has 0 bridgehead atoms. The summed E-state index contributed by atoms with van der Waals surface area (Å²) in [5.74, 6) is 2.62. The second-order valence-corrected chi connectivity index (χ2v) is 7.09. The Morgan fingerprint density at radius 1 is 0.897 bits per heavy atom. The van der Waals surface area contributed by atoms with Crippen molar-refractivity contribution in [2.45, 2.75) is 19.4 Å². The van der Waals surface area contributed by atoms with Gasteiger partial charge in [0.2, 0.25) is 0 Å². The van der Waals surface area contributed by atoms with Crippen LogP contribution in [0.25, 0.3) is 11.1 Å². The maximum atomic E-state index is 5.82. The van der Waals surface area contributed by atoms with Gasteiger partial charge in [-0.3, -0.25) is 0 Å². The number of nitrogens with one attached hydrogen (secondary N) is 1. The van der Waals surface area contributed by atoms with Gasteiger partial charge in [0, 0.05) is 17.7 Å². The van der Waals surface area contributed by atoms with Crippen LogP contribution in [0.3, 0.4) is 0 Å². The molecule has 0 fully saturated rings. The summed E-state index contributed by atoms with van der Waals surface area (Å²) in [7, 11) is 3.44. The summed E-state index contributed by atoms with van der Waals surface area (Å²) >= 11 is 0. The van der Waals surface area contributed by atoms with Gasteiger partial charge in [-0.1, -0.05) is 36.4 Å². The van der Waals surface area contributed by atoms with Crippen molar-refractivity contribution in [1.29, 1.82) is 0 Å². The van der Waals surface area contributed by atoms with E-state index in [1.54, 1.807) is 14.2 Å². The maximum absolute atomic E-state index is 5.82. The van der Waals surface area contributed by atoms with E-state index < -0.39 is 0 Å². The molecule has 4 nitrogen and oxygen atoms in total. The average Bonchev–Trinajstić information content (AvgIpc) is 2.78. The first-order chi connectivity index (χ1) is 14.2. The number of hydrogen-bond acceptors (Lipinski definition) is 4. The van der Waals surface area contributed by atoms with Gasteiger partial charge in [-0.25, -0.2) is 0 Å². The highest BCUT2D eigenvalue weighted by atomic mass is 16.5. The van der Waals surface area contributed by atoms with Crippen molar-refractivity contribution in [3.63, 3.8) is 0 Å². The Balaban J connectivity index is 1.80. The van der Waals surface area contributed by atoms with E-state index in [9.17, 15) is 0 Å². The van der Waals surface area contributed by atoms with Gasteiger partial charge in [0.15, 0.2) is 0 Å². The van der Waals surface area contributed by atoms with Crippen LogP contribution in [0.1, 0.15) is 29.7 Å². The molecule has 0 aliphatic carbocycles. The first-order valence-electron chi connectivity index (χ1n) is 10.1. The second-order valence-electron chi connectivity index (χ2n) is 7.09. The van der Waals surface area contributed by atoms with Gasteiger partial charge in [-0.15, -0.1) is 0 Å². The number of methoxy groups -OCH3 is 2. The minimum absolute atomic E-state index is 0.0445. The van der Waals surface area contributed by atoms with Crippen molar-refractivity contribution in [2.24, 2.45) is 0 Å². The van der Waals surface area contributed by atoms with Gasteiger partial charge < -0.3 is 19.5 Å². The van der Waals surface area contributed by atoms with E-state index in [2.05, 4.69) is 41.7 Å². The summed E-state index contributed by atoms with van der Waals surface area (Å²) in [5, 5.41) is 3.65. The van der Waals surface area contributed by atoms with Gasteiger partial charge in [0.05, 0.1) is 26.9 Å². The monoisotopic (exact) mass is 389 g/mol. The quantitative estimate of drug-likeness (QED) is 0.644. The fourth-order valence-electron chi connectivity index (χ4n) is 4.07. The highest BCUT2D eigenvalue weighted by molar-refractivity contribution is 5.73. The molecule has 1 aliphatic rings. The summed E-state index contributed by atoms with van der Waals surface area (Å²) in [6.45, 7) is 3.58. The zero-order valence-electron chi connectivity index (χ0n) is 17.2. The predicted octanol–water partition coefficient (Wildman–Crippen LogP) is 5.00. The zero-order valence-corrected chi connectivity index (χ0v) is 17.2. The molecular weight excluding hydrogens is 362 g/mol. The normalized spacial score (nSPS) is 15.5. The second kappa shape index (κ2) is 8.58. The first-order valence-corrected chi connectivity index (χ1v) is 10.1. The van der Waals surface area contributed by atoms with Crippen molar-refractivity contribution in [2.75, 3.05) is 27.4 Å². The molecule has 150 valence electrons. The molecule has 0 saturated heterocycles. The number of fused-ring (bicyclic) bond motifs is 1. The molecule has 0 spiro atoms. The molecule has 1 N–H and O–H groups in total. The molecule has 4 rings (SSSR count). The van der Waals surface area contributed by atoms with Gasteiger partial charge in [0.25, 0.3) is 0 Å². The molecule has 1 atom stereocenters. The average molecular weight is 389 g/mol. The van der Waals surface area contributed by atoms with Crippen LogP contribution in [0.4, 0.5) is 0 Å². The lowest BCUT2D eigenvalue weighted by atomic mass is 9.88. The molecule has 0 aromatic heterocycles. The predicted molar refractivity (Wildman–Crippen MR) is 116 cm³/mol. The molecule has 1 unspecified atom stereocenters. The SMILES string of the molecule is CCOc1ccc2c(c1)CCNC2c1cc(OC)c(-c2ccccc2)cc1OC. The molecule has 0 saturated carbocycles. The lowest BCUT2D eigenvalue weighted by Gasteiger charge is -2.29. The Morgan fingerprint density at radius 2 is 1.69 bits per heavy atom. The van der Waals surface area contributed by atoms with Gasteiger partial charge in [-0.05, 0) is 54.3 Å². The minimum Gasteiger partial charge on any atom is -0.496 e. The number of hydrogen-bond donors (Lipinski definition) is 1. The van der Waals surface area contributed by atoms with Crippen LogP contribution in [-0.2, 0) is 6.42 Å². The molecule has 3 aromatic carbocycles. The van der Waals surface area contributed by atoms with Crippen molar-refractivity contribution >= 4 is 0 Å². The summed E-state index contributed by atoms with van der Waals surface area (Å²) < 4.78 is 17.3. The third-order valence-electron chi connectivity index (χ3n) is 5.43. The largest absolute Gasteiger partial charge is 0.496 e. The van der Waals surface area contributed by atoms with Gasteiger partial charge in [0.1, 0.15) is 17.2 Å². The van der Waals surface area contributed by atoms with Crippen LogP contribution in [0, 0.1) is 0 Å². The topological polar surface area (TPSA) is 39.7 Å². The molecule has 4 heteroatoms. The summed E-state index contributed by atoms with van der Waals surface area (Å²) in [4.78, 5) is 0. The lowest BCUT2D eigenvalue weighted by Crippen LogP contribution is -2.31. The Morgan fingerprint density at radius 3 is 2.41 bits per heavy atom. The lowest BCUT2D eigenvalue weighted by molar-refractivity contribution is 0.339. The summed E-state index contributed by atoms with van der Waals surface area (Å²) in [5.41, 5.74) is 5.78. The van der Waals surface area contributed by atoms with E-state index >= 15 is 0 Å². The van der Waals surface area contributed by atoms with Crippen molar-refractivity contribution in [3.05, 3.63) is 77.4 Å². The van der Waals surface area contributed by atoms with Crippen molar-refractivity contribution in [1.82, 2.24) is 5.32 Å². The number of ether oxygens (including phenoxy) is 3. The third kappa shape index (κ3) is 3.81. The molecule has 0 amide bonds. The van der Waals surface area contributed by atoms with E-state index in [4.69, 9.17) is 14.2 Å². The molecule has 29 heavy (non-hydrogen) atoms. The Labute approximate surface area is 172 Å². The standard InChI is InChI=1S/C25H27NO3/c1-4-29-19-10-11-20-18(14-19)12-13-26-25(20)22-16-23(27-2)21(15-24(22)28-3)17-8-6-5-7-9-17/h5-11,14-16,25-26H,4,12-13H2,1-3H3. The number of rotatable bonds is 6. The minimum atomic E-state index is 0.0445. The van der Waals surface area contributed by atoms with Crippen LogP contribution in [-0.4, -0.2) is 27.4 Å². The molecule has 1 aliphatic heterocycles. The Bertz CT molecular complexity index is 985. The Hall–Kier alpha value is -2.98. The van der Waals surface area contributed by atoms with Crippen molar-refractivity contribution in [3.8, 4) is 28.4 Å². The van der Waals surface area contributed by atoms with Crippen LogP contribution in [0.15, 0.2) is 60.7 Å². The smallest absolute Gasteiger partial charge is 0.127 e. The van der Waals surface area contributed by atoms with Gasteiger partial charge in [-0.2, -0.15) is 0 Å². The van der Waals surface area contributed by atoms with E-state index in [0.29, 0.717) is 6.61 Å². The molecule has 1 heterocycles. The van der Waals surface area contributed by atoms with E-state index in [-0.39, 0.29) is 6.04 Å². The van der Waals surface area contributed by atoms with Crippen LogP contribution in [0.5, 0.6) is 17.2 Å². The molecular formula is C25H27NO3. The third-order valence-corrected chi connectivity index (χ3v) is 5.43. The number of benzene rings is 3. The fourth-order valence-corrected chi connectivity index (χ4v) is 4.07. The van der Waals surface area contributed by atoms with Crippen LogP contribution in [0.2, 0.25) is 0 Å². The van der Waals surface area contributed by atoms with Crippen LogP contribution < -0.4 is 19.5 Å². The van der Waals surface area contributed by atoms with E-state index in [1.807, 2.05) is 31.2 Å². The van der Waals surface area contributed by atoms with E-state index in [1.165, 1.54) is 11.1 Å². The maximum Gasteiger partial charge on any atom is 0.127 e. The summed E-state index contributed by atoms with van der Waals surface area (Å²) in [6.07, 6.45) is 0.980.